The zero-order chi connectivity index (χ0) is 15.5. The smallest absolute Gasteiger partial charge is 0.161 e. The van der Waals surface area contributed by atoms with Crippen molar-refractivity contribution in [2.75, 3.05) is 40.5 Å². The largest absolute Gasteiger partial charge is 0.493 e. The van der Waals surface area contributed by atoms with Crippen LogP contribution < -0.4 is 14.8 Å². The number of rotatable bonds is 10. The highest BCUT2D eigenvalue weighted by Gasteiger charge is 2.04. The van der Waals surface area contributed by atoms with E-state index in [1.807, 2.05) is 18.2 Å². The molecular formula is C17H25NO3. The summed E-state index contributed by atoms with van der Waals surface area (Å²) >= 11 is 0. The summed E-state index contributed by atoms with van der Waals surface area (Å²) in [5, 5.41) is 3.31. The van der Waals surface area contributed by atoms with Gasteiger partial charge in [-0.05, 0) is 24.6 Å². The summed E-state index contributed by atoms with van der Waals surface area (Å²) in [7, 11) is 3.34. The summed E-state index contributed by atoms with van der Waals surface area (Å²) in [6, 6.07) is 5.90. The first-order valence-corrected chi connectivity index (χ1v) is 6.99. The standard InChI is InChI=1S/C17H25NO3/c1-5-9-21-16-7-6-15(12-17(16)20-4)11-14(2)13-18-8-10-19-3/h5-7,11-12,18H,1,8-10,13H2,2-4H3. The van der Waals surface area contributed by atoms with Crippen LogP contribution in [0.4, 0.5) is 0 Å². The molecule has 0 aliphatic carbocycles. The van der Waals surface area contributed by atoms with Crippen molar-refractivity contribution in [3.8, 4) is 11.5 Å². The Bertz CT molecular complexity index is 469. The molecule has 4 heteroatoms. The molecule has 1 rings (SSSR count). The third-order valence-electron chi connectivity index (χ3n) is 2.84. The average Bonchev–Trinajstić information content (AvgIpc) is 2.50. The lowest BCUT2D eigenvalue weighted by atomic mass is 10.1. The van der Waals surface area contributed by atoms with E-state index in [0.29, 0.717) is 6.61 Å². The van der Waals surface area contributed by atoms with E-state index in [0.717, 1.165) is 36.8 Å². The Hall–Kier alpha value is -1.78. The van der Waals surface area contributed by atoms with E-state index in [2.05, 4.69) is 24.9 Å². The van der Waals surface area contributed by atoms with Gasteiger partial charge in [-0.1, -0.05) is 30.4 Å². The molecule has 0 heterocycles. The third-order valence-corrected chi connectivity index (χ3v) is 2.84. The Morgan fingerprint density at radius 2 is 2.10 bits per heavy atom. The highest BCUT2D eigenvalue weighted by molar-refractivity contribution is 5.58. The van der Waals surface area contributed by atoms with Gasteiger partial charge in [-0.15, -0.1) is 0 Å². The third kappa shape index (κ3) is 6.47. The molecule has 0 aliphatic heterocycles. The topological polar surface area (TPSA) is 39.7 Å². The minimum atomic E-state index is 0.466. The summed E-state index contributed by atoms with van der Waals surface area (Å²) in [4.78, 5) is 0. The van der Waals surface area contributed by atoms with Crippen LogP contribution in [0.2, 0.25) is 0 Å². The van der Waals surface area contributed by atoms with E-state index in [1.165, 1.54) is 5.57 Å². The first kappa shape index (κ1) is 17.3. The van der Waals surface area contributed by atoms with Gasteiger partial charge in [0.1, 0.15) is 6.61 Å². The first-order chi connectivity index (χ1) is 10.2. The van der Waals surface area contributed by atoms with Crippen molar-refractivity contribution in [1.82, 2.24) is 5.32 Å². The molecule has 0 atom stereocenters. The Labute approximate surface area is 127 Å². The van der Waals surface area contributed by atoms with Crippen LogP contribution in [0.1, 0.15) is 12.5 Å². The quantitative estimate of drug-likeness (QED) is 0.531. The molecule has 0 spiro atoms. The molecule has 116 valence electrons. The zero-order valence-corrected chi connectivity index (χ0v) is 13.1. The maximum Gasteiger partial charge on any atom is 0.161 e. The maximum atomic E-state index is 5.54. The van der Waals surface area contributed by atoms with E-state index in [4.69, 9.17) is 14.2 Å². The molecule has 1 aromatic rings. The highest BCUT2D eigenvalue weighted by Crippen LogP contribution is 2.28. The van der Waals surface area contributed by atoms with Crippen LogP contribution >= 0.6 is 0 Å². The molecule has 21 heavy (non-hydrogen) atoms. The second-order valence-electron chi connectivity index (χ2n) is 4.67. The van der Waals surface area contributed by atoms with Crippen molar-refractivity contribution in [3.63, 3.8) is 0 Å². The van der Waals surface area contributed by atoms with E-state index >= 15 is 0 Å². The second-order valence-corrected chi connectivity index (χ2v) is 4.67. The monoisotopic (exact) mass is 291 g/mol. The number of hydrogen-bond acceptors (Lipinski definition) is 4. The van der Waals surface area contributed by atoms with Gasteiger partial charge >= 0.3 is 0 Å². The fraction of sp³-hybridized carbons (Fsp3) is 0.412. The van der Waals surface area contributed by atoms with Gasteiger partial charge in [0, 0.05) is 20.2 Å². The van der Waals surface area contributed by atoms with Crippen LogP contribution in [-0.2, 0) is 4.74 Å². The Morgan fingerprint density at radius 3 is 2.76 bits per heavy atom. The lowest BCUT2D eigenvalue weighted by molar-refractivity contribution is 0.200. The molecule has 0 aromatic heterocycles. The van der Waals surface area contributed by atoms with Crippen LogP contribution in [0.5, 0.6) is 11.5 Å². The molecule has 0 unspecified atom stereocenters. The summed E-state index contributed by atoms with van der Waals surface area (Å²) in [6.45, 7) is 8.60. The summed E-state index contributed by atoms with van der Waals surface area (Å²) < 4.78 is 15.9. The molecule has 1 aromatic carbocycles. The number of ether oxygens (including phenoxy) is 3. The Kier molecular flexibility index (Phi) is 8.24. The molecule has 0 fully saturated rings. The number of methoxy groups -OCH3 is 2. The average molecular weight is 291 g/mol. The van der Waals surface area contributed by atoms with Crippen molar-refractivity contribution < 1.29 is 14.2 Å². The van der Waals surface area contributed by atoms with E-state index in [9.17, 15) is 0 Å². The number of hydrogen-bond donors (Lipinski definition) is 1. The molecule has 0 radical (unpaired) electrons. The van der Waals surface area contributed by atoms with E-state index in [-0.39, 0.29) is 0 Å². The van der Waals surface area contributed by atoms with E-state index in [1.54, 1.807) is 20.3 Å². The summed E-state index contributed by atoms with van der Waals surface area (Å²) in [5.74, 6) is 1.45. The summed E-state index contributed by atoms with van der Waals surface area (Å²) in [6.07, 6.45) is 3.84. The molecule has 4 nitrogen and oxygen atoms in total. The van der Waals surface area contributed by atoms with Crippen molar-refractivity contribution >= 4 is 6.08 Å². The molecule has 0 saturated heterocycles. The van der Waals surface area contributed by atoms with Gasteiger partial charge in [0.15, 0.2) is 11.5 Å². The molecule has 0 bridgehead atoms. The number of benzene rings is 1. The van der Waals surface area contributed by atoms with Gasteiger partial charge in [0.05, 0.1) is 13.7 Å². The fourth-order valence-corrected chi connectivity index (χ4v) is 1.84. The van der Waals surface area contributed by atoms with Crippen LogP contribution in [-0.4, -0.2) is 40.5 Å². The van der Waals surface area contributed by atoms with Gasteiger partial charge in [-0.2, -0.15) is 0 Å². The van der Waals surface area contributed by atoms with E-state index < -0.39 is 0 Å². The van der Waals surface area contributed by atoms with Crippen molar-refractivity contribution in [2.24, 2.45) is 0 Å². The Morgan fingerprint density at radius 1 is 1.29 bits per heavy atom. The lowest BCUT2D eigenvalue weighted by Crippen LogP contribution is -2.20. The van der Waals surface area contributed by atoms with Crippen LogP contribution in [0.25, 0.3) is 6.08 Å². The predicted molar refractivity (Wildman–Crippen MR) is 87.1 cm³/mol. The van der Waals surface area contributed by atoms with Crippen molar-refractivity contribution in [3.05, 3.63) is 42.0 Å². The van der Waals surface area contributed by atoms with Crippen LogP contribution in [0.15, 0.2) is 36.4 Å². The minimum absolute atomic E-state index is 0.466. The van der Waals surface area contributed by atoms with Crippen LogP contribution in [0, 0.1) is 0 Å². The predicted octanol–water partition coefficient (Wildman–Crippen LogP) is 2.90. The fourth-order valence-electron chi connectivity index (χ4n) is 1.84. The van der Waals surface area contributed by atoms with Gasteiger partial charge in [-0.25, -0.2) is 0 Å². The molecule has 0 saturated carbocycles. The van der Waals surface area contributed by atoms with Gasteiger partial charge in [-0.3, -0.25) is 0 Å². The van der Waals surface area contributed by atoms with Gasteiger partial charge < -0.3 is 19.5 Å². The number of nitrogens with one attached hydrogen (secondary N) is 1. The first-order valence-electron chi connectivity index (χ1n) is 6.99. The van der Waals surface area contributed by atoms with Gasteiger partial charge in [0.2, 0.25) is 0 Å². The van der Waals surface area contributed by atoms with Crippen LogP contribution in [0.3, 0.4) is 0 Å². The molecule has 0 aliphatic rings. The maximum absolute atomic E-state index is 5.54. The normalized spacial score (nSPS) is 11.3. The van der Waals surface area contributed by atoms with Crippen molar-refractivity contribution in [2.45, 2.75) is 6.92 Å². The summed E-state index contributed by atoms with van der Waals surface area (Å²) in [5.41, 5.74) is 2.33. The minimum Gasteiger partial charge on any atom is -0.493 e. The Balaban J connectivity index is 2.67. The van der Waals surface area contributed by atoms with Gasteiger partial charge in [0.25, 0.3) is 0 Å². The SMILES string of the molecule is C=CCOc1ccc(C=C(C)CNCCOC)cc1OC. The molecule has 0 amide bonds. The zero-order valence-electron chi connectivity index (χ0n) is 13.1. The second kappa shape index (κ2) is 10.0. The highest BCUT2D eigenvalue weighted by atomic mass is 16.5. The molecular weight excluding hydrogens is 266 g/mol. The van der Waals surface area contributed by atoms with Crippen molar-refractivity contribution in [1.29, 1.82) is 0 Å². The lowest BCUT2D eigenvalue weighted by Gasteiger charge is -2.10. The molecule has 1 N–H and O–H groups in total.